The van der Waals surface area contributed by atoms with Gasteiger partial charge in [-0.15, -0.1) is 0 Å². The minimum Gasteiger partial charge on any atom is -0.455 e. The third-order valence-corrected chi connectivity index (χ3v) is 5.55. The van der Waals surface area contributed by atoms with Crippen molar-refractivity contribution in [3.8, 4) is 11.5 Å². The molecule has 1 amide bonds. The molecule has 0 aromatic heterocycles. The highest BCUT2D eigenvalue weighted by atomic mass is 32.2. The zero-order valence-corrected chi connectivity index (χ0v) is 15.0. The number of nitrogens with one attached hydrogen (secondary N) is 1. The van der Waals surface area contributed by atoms with Crippen LogP contribution in [0.15, 0.2) is 53.5 Å². The van der Waals surface area contributed by atoms with Crippen LogP contribution in [-0.2, 0) is 4.79 Å². The molecule has 0 atom stereocenters. The topological polar surface area (TPSA) is 50.7 Å². The third kappa shape index (κ3) is 4.79. The minimum atomic E-state index is -0.0600. The molecular weight excluding hydrogens is 340 g/mol. The number of thioether (sulfide) groups is 2. The highest BCUT2D eigenvalue weighted by Crippen LogP contribution is 2.30. The molecule has 0 unspecified atom stereocenters. The molecule has 1 heterocycles. The quantitative estimate of drug-likeness (QED) is 0.851. The number of benzene rings is 2. The molecule has 0 aliphatic carbocycles. The molecule has 4 nitrogen and oxygen atoms in total. The Bertz CT molecular complexity index is 745. The molecule has 1 aliphatic rings. The molecule has 2 aromatic carbocycles. The maximum atomic E-state index is 12.2. The second kappa shape index (κ2) is 8.26. The van der Waals surface area contributed by atoms with Crippen LogP contribution in [0, 0.1) is 6.92 Å². The summed E-state index contributed by atoms with van der Waals surface area (Å²) in [7, 11) is 0. The van der Waals surface area contributed by atoms with Crippen molar-refractivity contribution in [2.75, 3.05) is 23.4 Å². The van der Waals surface area contributed by atoms with Gasteiger partial charge in [0.15, 0.2) is 5.75 Å². The average molecular weight is 358 g/mol. The lowest BCUT2D eigenvalue weighted by atomic mass is 10.2. The standard InChI is InChI=1S/C18H18N2O2S2/c1-13-6-8-14(9-7-13)22-16-5-3-2-4-15(16)20-17(21)12-24-18-19-10-11-23-18/h2-9H,10-12H2,1H3,(H,20,21). The third-order valence-electron chi connectivity index (χ3n) is 3.29. The zero-order chi connectivity index (χ0) is 16.8. The van der Waals surface area contributed by atoms with E-state index in [0.29, 0.717) is 17.2 Å². The number of nitrogens with zero attached hydrogens (tertiary/aromatic N) is 1. The number of para-hydroxylation sites is 2. The van der Waals surface area contributed by atoms with Crippen molar-refractivity contribution in [2.24, 2.45) is 4.99 Å². The van der Waals surface area contributed by atoms with E-state index in [1.165, 1.54) is 17.3 Å². The summed E-state index contributed by atoms with van der Waals surface area (Å²) in [6.07, 6.45) is 0. The van der Waals surface area contributed by atoms with Gasteiger partial charge in [0, 0.05) is 5.75 Å². The van der Waals surface area contributed by atoms with Crippen molar-refractivity contribution in [3.63, 3.8) is 0 Å². The summed E-state index contributed by atoms with van der Waals surface area (Å²) in [5, 5.41) is 2.92. The van der Waals surface area contributed by atoms with Crippen LogP contribution in [0.25, 0.3) is 0 Å². The van der Waals surface area contributed by atoms with Gasteiger partial charge in [-0.1, -0.05) is 53.4 Å². The highest BCUT2D eigenvalue weighted by molar-refractivity contribution is 8.39. The highest BCUT2D eigenvalue weighted by Gasteiger charge is 2.12. The van der Waals surface area contributed by atoms with Crippen molar-refractivity contribution in [3.05, 3.63) is 54.1 Å². The van der Waals surface area contributed by atoms with E-state index in [2.05, 4.69) is 10.3 Å². The Hall–Kier alpha value is -1.92. The minimum absolute atomic E-state index is 0.0600. The SMILES string of the molecule is Cc1ccc(Oc2ccccc2NC(=O)CSC2=NCCS2)cc1. The number of carbonyl (C=O) groups is 1. The lowest BCUT2D eigenvalue weighted by molar-refractivity contribution is -0.113. The van der Waals surface area contributed by atoms with Crippen LogP contribution >= 0.6 is 23.5 Å². The smallest absolute Gasteiger partial charge is 0.234 e. The molecule has 0 saturated carbocycles. The molecule has 0 spiro atoms. The van der Waals surface area contributed by atoms with Crippen LogP contribution in [0.2, 0.25) is 0 Å². The first-order chi connectivity index (χ1) is 11.7. The second-order valence-electron chi connectivity index (χ2n) is 5.24. The molecule has 0 radical (unpaired) electrons. The van der Waals surface area contributed by atoms with E-state index in [9.17, 15) is 4.79 Å². The van der Waals surface area contributed by atoms with Gasteiger partial charge in [0.1, 0.15) is 10.1 Å². The normalized spacial score (nSPS) is 13.5. The number of amides is 1. The Balaban J connectivity index is 1.62. The fourth-order valence-corrected chi connectivity index (χ4v) is 3.92. The number of rotatable bonds is 5. The fraction of sp³-hybridized carbons (Fsp3) is 0.222. The van der Waals surface area contributed by atoms with E-state index in [4.69, 9.17) is 4.74 Å². The number of carbonyl (C=O) groups excluding carboxylic acids is 1. The van der Waals surface area contributed by atoms with Crippen molar-refractivity contribution >= 4 is 39.5 Å². The number of aliphatic imine (C=N–C) groups is 1. The molecule has 1 aliphatic heterocycles. The van der Waals surface area contributed by atoms with Crippen LogP contribution in [-0.4, -0.2) is 28.3 Å². The van der Waals surface area contributed by atoms with Gasteiger partial charge in [-0.2, -0.15) is 0 Å². The van der Waals surface area contributed by atoms with E-state index in [-0.39, 0.29) is 5.91 Å². The van der Waals surface area contributed by atoms with Crippen molar-refractivity contribution in [1.82, 2.24) is 0 Å². The predicted octanol–water partition coefficient (Wildman–Crippen LogP) is 4.56. The first-order valence-electron chi connectivity index (χ1n) is 7.64. The number of anilines is 1. The van der Waals surface area contributed by atoms with Crippen LogP contribution in [0.5, 0.6) is 11.5 Å². The van der Waals surface area contributed by atoms with Gasteiger partial charge in [-0.3, -0.25) is 9.79 Å². The summed E-state index contributed by atoms with van der Waals surface area (Å²) in [6.45, 7) is 2.88. The summed E-state index contributed by atoms with van der Waals surface area (Å²) in [5.74, 6) is 2.68. The lowest BCUT2D eigenvalue weighted by Crippen LogP contribution is -2.15. The monoisotopic (exact) mass is 358 g/mol. The van der Waals surface area contributed by atoms with Gasteiger partial charge in [-0.05, 0) is 31.2 Å². The number of hydrogen-bond acceptors (Lipinski definition) is 5. The van der Waals surface area contributed by atoms with E-state index in [1.807, 2.05) is 55.5 Å². The van der Waals surface area contributed by atoms with Crippen LogP contribution in [0.4, 0.5) is 5.69 Å². The molecule has 0 saturated heterocycles. The Kier molecular flexibility index (Phi) is 5.82. The molecule has 24 heavy (non-hydrogen) atoms. The first kappa shape index (κ1) is 16.9. The summed E-state index contributed by atoms with van der Waals surface area (Å²) in [4.78, 5) is 16.5. The lowest BCUT2D eigenvalue weighted by Gasteiger charge is -2.12. The van der Waals surface area contributed by atoms with E-state index in [0.717, 1.165) is 22.4 Å². The zero-order valence-electron chi connectivity index (χ0n) is 13.3. The van der Waals surface area contributed by atoms with Crippen molar-refractivity contribution in [1.29, 1.82) is 0 Å². The fourth-order valence-electron chi connectivity index (χ4n) is 2.11. The maximum absolute atomic E-state index is 12.2. The molecule has 0 bridgehead atoms. The van der Waals surface area contributed by atoms with Crippen molar-refractivity contribution < 1.29 is 9.53 Å². The van der Waals surface area contributed by atoms with Crippen LogP contribution < -0.4 is 10.1 Å². The molecule has 0 fully saturated rings. The van der Waals surface area contributed by atoms with Gasteiger partial charge in [0.05, 0.1) is 18.0 Å². The van der Waals surface area contributed by atoms with Gasteiger partial charge in [0.2, 0.25) is 5.91 Å². The van der Waals surface area contributed by atoms with Gasteiger partial charge >= 0.3 is 0 Å². The number of ether oxygens (including phenoxy) is 1. The largest absolute Gasteiger partial charge is 0.455 e. The Morgan fingerprint density at radius 2 is 2.04 bits per heavy atom. The van der Waals surface area contributed by atoms with E-state index >= 15 is 0 Å². The predicted molar refractivity (Wildman–Crippen MR) is 104 cm³/mol. The molecule has 6 heteroatoms. The van der Waals surface area contributed by atoms with Crippen molar-refractivity contribution in [2.45, 2.75) is 6.92 Å². The van der Waals surface area contributed by atoms with E-state index in [1.54, 1.807) is 11.8 Å². The molecular formula is C18H18N2O2S2. The number of hydrogen-bond donors (Lipinski definition) is 1. The van der Waals surface area contributed by atoms with Gasteiger partial charge in [0.25, 0.3) is 0 Å². The molecule has 2 aromatic rings. The maximum Gasteiger partial charge on any atom is 0.234 e. The molecule has 1 N–H and O–H groups in total. The number of aryl methyl sites for hydroxylation is 1. The Morgan fingerprint density at radius 1 is 1.25 bits per heavy atom. The molecule has 124 valence electrons. The van der Waals surface area contributed by atoms with Crippen LogP contribution in [0.3, 0.4) is 0 Å². The summed E-state index contributed by atoms with van der Waals surface area (Å²) < 4.78 is 6.89. The Morgan fingerprint density at radius 3 is 2.79 bits per heavy atom. The van der Waals surface area contributed by atoms with E-state index < -0.39 is 0 Å². The summed E-state index contributed by atoms with van der Waals surface area (Å²) in [6, 6.07) is 15.3. The first-order valence-corrected chi connectivity index (χ1v) is 9.61. The second-order valence-corrected chi connectivity index (χ2v) is 7.55. The van der Waals surface area contributed by atoms with Gasteiger partial charge < -0.3 is 10.1 Å². The summed E-state index contributed by atoms with van der Waals surface area (Å²) >= 11 is 3.19. The summed E-state index contributed by atoms with van der Waals surface area (Å²) in [5.41, 5.74) is 1.85. The Labute approximate surface area is 150 Å². The van der Waals surface area contributed by atoms with Gasteiger partial charge in [-0.25, -0.2) is 0 Å². The molecule has 3 rings (SSSR count). The average Bonchev–Trinajstić information content (AvgIpc) is 3.10. The van der Waals surface area contributed by atoms with Crippen LogP contribution in [0.1, 0.15) is 5.56 Å².